The highest BCUT2D eigenvalue weighted by Gasteiger charge is 2.29. The predicted molar refractivity (Wildman–Crippen MR) is 90.6 cm³/mol. The lowest BCUT2D eigenvalue weighted by Crippen LogP contribution is -2.34. The fourth-order valence-corrected chi connectivity index (χ4v) is 2.69. The summed E-state index contributed by atoms with van der Waals surface area (Å²) in [5.74, 6) is 0.282. The molecule has 1 atom stereocenters. The van der Waals surface area contributed by atoms with Crippen molar-refractivity contribution in [1.82, 2.24) is 10.6 Å². The molecule has 5 heteroatoms. The van der Waals surface area contributed by atoms with Crippen molar-refractivity contribution in [2.75, 3.05) is 13.2 Å². The second-order valence-electron chi connectivity index (χ2n) is 5.70. The molecule has 124 valence electrons. The van der Waals surface area contributed by atoms with Crippen molar-refractivity contribution in [3.63, 3.8) is 0 Å². The molecular formula is C19H20N2O3. The molecule has 2 N–H and O–H groups in total. The zero-order valence-electron chi connectivity index (χ0n) is 13.3. The molecule has 0 saturated heterocycles. The normalized spacial score (nSPS) is 15.2. The molecule has 1 aliphatic heterocycles. The molecule has 0 unspecified atom stereocenters. The van der Waals surface area contributed by atoms with E-state index in [0.29, 0.717) is 19.7 Å². The average molecular weight is 324 g/mol. The first-order valence-corrected chi connectivity index (χ1v) is 8.04. The van der Waals surface area contributed by atoms with E-state index in [9.17, 15) is 9.59 Å². The fraction of sp³-hybridized carbons (Fsp3) is 0.263. The van der Waals surface area contributed by atoms with E-state index in [1.807, 2.05) is 54.6 Å². The van der Waals surface area contributed by atoms with E-state index in [1.54, 1.807) is 0 Å². The molecule has 0 aromatic heterocycles. The monoisotopic (exact) mass is 324 g/mol. The van der Waals surface area contributed by atoms with E-state index in [2.05, 4.69) is 10.6 Å². The summed E-state index contributed by atoms with van der Waals surface area (Å²) in [5.41, 5.74) is 1.96. The number of hydrogen-bond acceptors (Lipinski definition) is 3. The second kappa shape index (κ2) is 7.64. The Kier molecular flexibility index (Phi) is 5.11. The van der Waals surface area contributed by atoms with Gasteiger partial charge in [0, 0.05) is 25.1 Å². The third-order valence-corrected chi connectivity index (χ3v) is 4.00. The molecule has 0 fully saturated rings. The van der Waals surface area contributed by atoms with Crippen LogP contribution in [-0.2, 0) is 16.1 Å². The topological polar surface area (TPSA) is 67.4 Å². The van der Waals surface area contributed by atoms with Gasteiger partial charge in [-0.1, -0.05) is 48.5 Å². The number of fused-ring (bicyclic) bond motifs is 1. The van der Waals surface area contributed by atoms with Crippen molar-refractivity contribution in [3.8, 4) is 5.75 Å². The third kappa shape index (κ3) is 3.93. The Morgan fingerprint density at radius 3 is 2.58 bits per heavy atom. The SMILES string of the molecule is O=C(CCNC(=O)[C@H]1COc2ccccc21)NCc1ccccc1. The van der Waals surface area contributed by atoms with Crippen LogP contribution in [0.3, 0.4) is 0 Å². The van der Waals surface area contributed by atoms with E-state index in [4.69, 9.17) is 4.74 Å². The first-order chi connectivity index (χ1) is 11.7. The minimum absolute atomic E-state index is 0.0813. The first-order valence-electron chi connectivity index (χ1n) is 8.04. The highest BCUT2D eigenvalue weighted by molar-refractivity contribution is 5.86. The number of benzene rings is 2. The minimum Gasteiger partial charge on any atom is -0.492 e. The Labute approximate surface area is 141 Å². The second-order valence-corrected chi connectivity index (χ2v) is 5.70. The summed E-state index contributed by atoms with van der Waals surface area (Å²) in [5, 5.41) is 5.66. The molecule has 2 aromatic carbocycles. The van der Waals surface area contributed by atoms with Gasteiger partial charge in [0.2, 0.25) is 11.8 Å². The van der Waals surface area contributed by atoms with E-state index < -0.39 is 0 Å². The summed E-state index contributed by atoms with van der Waals surface area (Å²) in [7, 11) is 0. The number of hydrogen-bond donors (Lipinski definition) is 2. The van der Waals surface area contributed by atoms with Gasteiger partial charge in [-0.2, -0.15) is 0 Å². The molecule has 2 amide bonds. The van der Waals surface area contributed by atoms with Crippen molar-refractivity contribution in [2.45, 2.75) is 18.9 Å². The van der Waals surface area contributed by atoms with Gasteiger partial charge in [-0.05, 0) is 11.6 Å². The smallest absolute Gasteiger partial charge is 0.231 e. The lowest BCUT2D eigenvalue weighted by molar-refractivity contribution is -0.123. The highest BCUT2D eigenvalue weighted by Crippen LogP contribution is 2.33. The van der Waals surface area contributed by atoms with Crippen LogP contribution in [0.1, 0.15) is 23.5 Å². The van der Waals surface area contributed by atoms with Crippen molar-refractivity contribution in [3.05, 3.63) is 65.7 Å². The number of carbonyl (C=O) groups excluding carboxylic acids is 2. The highest BCUT2D eigenvalue weighted by atomic mass is 16.5. The van der Waals surface area contributed by atoms with Gasteiger partial charge in [0.05, 0.1) is 0 Å². The summed E-state index contributed by atoms with van der Waals surface area (Å²) < 4.78 is 5.51. The molecule has 0 aliphatic carbocycles. The molecule has 1 heterocycles. The molecule has 2 aromatic rings. The quantitative estimate of drug-likeness (QED) is 0.854. The summed E-state index contributed by atoms with van der Waals surface area (Å²) in [6.07, 6.45) is 0.258. The Morgan fingerprint density at radius 1 is 1.00 bits per heavy atom. The maximum absolute atomic E-state index is 12.2. The molecule has 5 nitrogen and oxygen atoms in total. The maximum atomic E-state index is 12.2. The fourth-order valence-electron chi connectivity index (χ4n) is 2.69. The van der Waals surface area contributed by atoms with Crippen molar-refractivity contribution in [2.24, 2.45) is 0 Å². The van der Waals surface area contributed by atoms with Crippen molar-refractivity contribution in [1.29, 1.82) is 0 Å². The van der Waals surface area contributed by atoms with Gasteiger partial charge in [-0.15, -0.1) is 0 Å². The van der Waals surface area contributed by atoms with Gasteiger partial charge in [0.25, 0.3) is 0 Å². The Balaban J connectivity index is 1.40. The minimum atomic E-state index is -0.298. The van der Waals surface area contributed by atoms with Gasteiger partial charge in [-0.25, -0.2) is 0 Å². The van der Waals surface area contributed by atoms with Crippen LogP contribution in [0.15, 0.2) is 54.6 Å². The van der Waals surface area contributed by atoms with Crippen molar-refractivity contribution < 1.29 is 14.3 Å². The summed E-state index contributed by atoms with van der Waals surface area (Å²) >= 11 is 0. The standard InChI is InChI=1S/C19H20N2O3/c22-18(21-12-14-6-2-1-3-7-14)10-11-20-19(23)16-13-24-17-9-5-4-8-15(16)17/h1-9,16H,10-13H2,(H,20,23)(H,21,22)/t16-/m0/s1. The Morgan fingerprint density at radius 2 is 1.75 bits per heavy atom. The van der Waals surface area contributed by atoms with Crippen LogP contribution in [-0.4, -0.2) is 25.0 Å². The maximum Gasteiger partial charge on any atom is 0.231 e. The predicted octanol–water partition coefficient (Wildman–Crippen LogP) is 1.99. The lowest BCUT2D eigenvalue weighted by Gasteiger charge is -2.10. The van der Waals surface area contributed by atoms with Crippen LogP contribution >= 0.6 is 0 Å². The largest absolute Gasteiger partial charge is 0.492 e. The van der Waals surface area contributed by atoms with Crippen LogP contribution in [0, 0.1) is 0 Å². The molecule has 1 aliphatic rings. The molecule has 0 radical (unpaired) electrons. The number of carbonyl (C=O) groups is 2. The van der Waals surface area contributed by atoms with Crippen LogP contribution in [0.4, 0.5) is 0 Å². The number of ether oxygens (including phenoxy) is 1. The molecule has 0 spiro atoms. The van der Waals surface area contributed by atoms with Crippen LogP contribution in [0.2, 0.25) is 0 Å². The van der Waals surface area contributed by atoms with Crippen LogP contribution < -0.4 is 15.4 Å². The summed E-state index contributed by atoms with van der Waals surface area (Å²) in [4.78, 5) is 24.1. The number of amides is 2. The molecule has 0 saturated carbocycles. The molecule has 24 heavy (non-hydrogen) atoms. The molecule has 0 bridgehead atoms. The molecule has 3 rings (SSSR count). The number of nitrogens with one attached hydrogen (secondary N) is 2. The summed E-state index contributed by atoms with van der Waals surface area (Å²) in [6.45, 7) is 1.17. The Bertz CT molecular complexity index is 716. The van der Waals surface area contributed by atoms with E-state index in [0.717, 1.165) is 16.9 Å². The molecular weight excluding hydrogens is 304 g/mol. The zero-order valence-corrected chi connectivity index (χ0v) is 13.3. The van der Waals surface area contributed by atoms with E-state index in [-0.39, 0.29) is 24.2 Å². The van der Waals surface area contributed by atoms with E-state index in [1.165, 1.54) is 0 Å². The number of para-hydroxylation sites is 1. The number of rotatable bonds is 6. The zero-order chi connectivity index (χ0) is 16.8. The van der Waals surface area contributed by atoms with Gasteiger partial charge >= 0.3 is 0 Å². The average Bonchev–Trinajstić information content (AvgIpc) is 3.05. The van der Waals surface area contributed by atoms with Crippen molar-refractivity contribution >= 4 is 11.8 Å². The van der Waals surface area contributed by atoms with Crippen LogP contribution in [0.25, 0.3) is 0 Å². The van der Waals surface area contributed by atoms with E-state index >= 15 is 0 Å². The summed E-state index contributed by atoms with van der Waals surface area (Å²) in [6, 6.07) is 17.3. The van der Waals surface area contributed by atoms with Gasteiger partial charge in [-0.3, -0.25) is 9.59 Å². The Hall–Kier alpha value is -2.82. The first kappa shape index (κ1) is 16.1. The van der Waals surface area contributed by atoms with Gasteiger partial charge in [0.15, 0.2) is 0 Å². The van der Waals surface area contributed by atoms with Gasteiger partial charge < -0.3 is 15.4 Å². The third-order valence-electron chi connectivity index (χ3n) is 4.00. The van der Waals surface area contributed by atoms with Gasteiger partial charge in [0.1, 0.15) is 18.3 Å². The van der Waals surface area contributed by atoms with Crippen LogP contribution in [0.5, 0.6) is 5.75 Å². The lowest BCUT2D eigenvalue weighted by atomic mass is 10.0.